The minimum absolute atomic E-state index is 0.0477. The number of hydrogen-bond acceptors (Lipinski definition) is 8. The average Bonchev–Trinajstić information content (AvgIpc) is 3.40. The highest BCUT2D eigenvalue weighted by molar-refractivity contribution is 6.01. The zero-order valence-corrected chi connectivity index (χ0v) is 23.0. The first-order valence-corrected chi connectivity index (χ1v) is 13.2. The van der Waals surface area contributed by atoms with Gasteiger partial charge in [-0.05, 0) is 40.9 Å². The average molecular weight is 560 g/mol. The topological polar surface area (TPSA) is 147 Å². The number of methoxy groups -OCH3 is 2. The maximum Gasteiger partial charge on any atom is 0.252 e. The Labute approximate surface area is 238 Å². The van der Waals surface area contributed by atoms with Crippen LogP contribution in [0.4, 0.5) is 5.69 Å². The van der Waals surface area contributed by atoms with E-state index in [0.717, 1.165) is 5.56 Å². The molecule has 4 rings (SSSR count). The van der Waals surface area contributed by atoms with E-state index in [0.29, 0.717) is 35.6 Å². The number of nitrogens with one attached hydrogen (secondary N) is 1. The molecule has 11 nitrogen and oxygen atoms in total. The Hall–Kier alpha value is -4.41. The third kappa shape index (κ3) is 7.03. The number of amides is 1. The zero-order chi connectivity index (χ0) is 29.1. The Morgan fingerprint density at radius 2 is 1.80 bits per heavy atom. The number of carbonyl (C=O) groups is 1. The Morgan fingerprint density at radius 3 is 2.49 bits per heavy atom. The van der Waals surface area contributed by atoms with E-state index in [4.69, 9.17) is 34.6 Å². The first-order valence-electron chi connectivity index (χ1n) is 13.2. The van der Waals surface area contributed by atoms with Gasteiger partial charge in [0.05, 0.1) is 13.2 Å². The SMILES string of the molecule is COC(CNC(=O)[C@]1(Cc2ccccc2N=[N+]=[N-])N=C(c2ccc(OCCCO)cc2)O[C@@H]1c1ccccc1)OC. The molecule has 0 aromatic heterocycles. The van der Waals surface area contributed by atoms with Crippen molar-refractivity contribution in [2.24, 2.45) is 10.1 Å². The van der Waals surface area contributed by atoms with Gasteiger partial charge in [-0.2, -0.15) is 0 Å². The first-order chi connectivity index (χ1) is 20.0. The van der Waals surface area contributed by atoms with Crippen molar-refractivity contribution in [3.05, 3.63) is 106 Å². The summed E-state index contributed by atoms with van der Waals surface area (Å²) >= 11 is 0. The lowest BCUT2D eigenvalue weighted by Crippen LogP contribution is -2.51. The molecule has 214 valence electrons. The highest BCUT2D eigenvalue weighted by Gasteiger charge is 2.53. The molecular formula is C30H33N5O6. The monoisotopic (exact) mass is 559 g/mol. The lowest BCUT2D eigenvalue weighted by atomic mass is 9.81. The minimum atomic E-state index is -1.47. The number of aliphatic imine (C=N–C) groups is 1. The predicted molar refractivity (Wildman–Crippen MR) is 153 cm³/mol. The molecule has 1 aliphatic heterocycles. The fourth-order valence-corrected chi connectivity index (χ4v) is 4.60. The molecule has 2 atom stereocenters. The second-order valence-electron chi connectivity index (χ2n) is 9.31. The van der Waals surface area contributed by atoms with Crippen LogP contribution in [-0.2, 0) is 25.4 Å². The predicted octanol–water partition coefficient (Wildman–Crippen LogP) is 4.62. The number of rotatable bonds is 14. The quantitative estimate of drug-likeness (QED) is 0.0968. The van der Waals surface area contributed by atoms with Crippen LogP contribution in [0.1, 0.15) is 29.2 Å². The molecule has 0 saturated heterocycles. The van der Waals surface area contributed by atoms with Gasteiger partial charge in [0.1, 0.15) is 5.75 Å². The smallest absolute Gasteiger partial charge is 0.252 e. The number of azide groups is 1. The number of aliphatic hydroxyl groups excluding tert-OH is 1. The van der Waals surface area contributed by atoms with Crippen LogP contribution in [0.3, 0.4) is 0 Å². The van der Waals surface area contributed by atoms with Crippen LogP contribution in [-0.4, -0.2) is 62.7 Å². The number of hydrogen-bond donors (Lipinski definition) is 2. The molecule has 3 aromatic carbocycles. The van der Waals surface area contributed by atoms with Crippen molar-refractivity contribution in [1.29, 1.82) is 0 Å². The van der Waals surface area contributed by atoms with Gasteiger partial charge in [0.25, 0.3) is 5.91 Å². The van der Waals surface area contributed by atoms with Gasteiger partial charge < -0.3 is 29.4 Å². The lowest BCUT2D eigenvalue weighted by Gasteiger charge is -2.31. The van der Waals surface area contributed by atoms with E-state index in [1.807, 2.05) is 48.5 Å². The summed E-state index contributed by atoms with van der Waals surface area (Å²) < 4.78 is 22.7. The molecule has 41 heavy (non-hydrogen) atoms. The molecule has 0 fully saturated rings. The van der Waals surface area contributed by atoms with Crippen LogP contribution in [0.25, 0.3) is 10.4 Å². The van der Waals surface area contributed by atoms with Crippen LogP contribution in [0.15, 0.2) is 89.0 Å². The molecule has 0 saturated carbocycles. The number of nitrogens with zero attached hydrogens (tertiary/aromatic N) is 4. The summed E-state index contributed by atoms with van der Waals surface area (Å²) in [6.07, 6.45) is -0.852. The van der Waals surface area contributed by atoms with E-state index in [-0.39, 0.29) is 25.5 Å². The van der Waals surface area contributed by atoms with Gasteiger partial charge in [-0.3, -0.25) is 4.79 Å². The van der Waals surface area contributed by atoms with Crippen molar-refractivity contribution in [2.45, 2.75) is 30.8 Å². The largest absolute Gasteiger partial charge is 0.494 e. The van der Waals surface area contributed by atoms with Gasteiger partial charge >= 0.3 is 0 Å². The van der Waals surface area contributed by atoms with Crippen molar-refractivity contribution >= 4 is 17.5 Å². The first kappa shape index (κ1) is 29.6. The van der Waals surface area contributed by atoms with Crippen molar-refractivity contribution in [2.75, 3.05) is 34.0 Å². The second-order valence-corrected chi connectivity index (χ2v) is 9.31. The normalized spacial score (nSPS) is 17.9. The number of ether oxygens (including phenoxy) is 4. The van der Waals surface area contributed by atoms with Crippen LogP contribution in [0.5, 0.6) is 5.75 Å². The zero-order valence-electron chi connectivity index (χ0n) is 23.0. The van der Waals surface area contributed by atoms with E-state index in [1.54, 1.807) is 30.3 Å². The van der Waals surface area contributed by atoms with Gasteiger partial charge in [-0.15, -0.1) is 0 Å². The Bertz CT molecular complexity index is 1370. The van der Waals surface area contributed by atoms with Crippen LogP contribution >= 0.6 is 0 Å². The van der Waals surface area contributed by atoms with Gasteiger partial charge in [0.15, 0.2) is 17.9 Å². The highest BCUT2D eigenvalue weighted by Crippen LogP contribution is 2.43. The molecule has 0 radical (unpaired) electrons. The minimum Gasteiger partial charge on any atom is -0.494 e. The molecule has 1 amide bonds. The Kier molecular flexibility index (Phi) is 10.3. The molecule has 1 aliphatic rings. The Morgan fingerprint density at radius 1 is 1.10 bits per heavy atom. The number of carbonyl (C=O) groups excluding carboxylic acids is 1. The van der Waals surface area contributed by atoms with E-state index < -0.39 is 23.8 Å². The molecule has 2 N–H and O–H groups in total. The number of benzene rings is 3. The van der Waals surface area contributed by atoms with Gasteiger partial charge in [-0.25, -0.2) is 4.99 Å². The number of aliphatic hydroxyl groups is 1. The summed E-state index contributed by atoms with van der Waals surface area (Å²) in [7, 11) is 2.98. The summed E-state index contributed by atoms with van der Waals surface area (Å²) in [4.78, 5) is 22.1. The van der Waals surface area contributed by atoms with E-state index in [2.05, 4.69) is 15.3 Å². The van der Waals surface area contributed by atoms with Gasteiger partial charge in [-0.1, -0.05) is 59.7 Å². The van der Waals surface area contributed by atoms with E-state index >= 15 is 0 Å². The third-order valence-electron chi connectivity index (χ3n) is 6.69. The van der Waals surface area contributed by atoms with E-state index in [9.17, 15) is 4.79 Å². The van der Waals surface area contributed by atoms with Gasteiger partial charge in [0.2, 0.25) is 5.90 Å². The standard InChI is InChI=1S/C30H33N5O6/c1-38-26(39-2)20-32-29(37)30(19-23-11-6-7-12-25(23)34-35-31)27(21-9-4-3-5-10-21)41-28(33-30)22-13-15-24(16-14-22)40-18-8-17-36/h3-7,9-16,26-27,36H,8,17-20H2,1-2H3,(H,32,37)/t27-,30-/m1/s1. The second kappa shape index (κ2) is 14.3. The van der Waals surface area contributed by atoms with E-state index in [1.165, 1.54) is 14.2 Å². The third-order valence-corrected chi connectivity index (χ3v) is 6.69. The molecule has 0 bridgehead atoms. The Balaban J connectivity index is 1.80. The fraction of sp³-hybridized carbons (Fsp3) is 0.333. The molecule has 1 heterocycles. The lowest BCUT2D eigenvalue weighted by molar-refractivity contribution is -0.134. The molecule has 0 spiro atoms. The summed E-state index contributed by atoms with van der Waals surface area (Å²) in [5.74, 6) is 0.519. The molecule has 0 aliphatic carbocycles. The maximum atomic E-state index is 14.2. The summed E-state index contributed by atoms with van der Waals surface area (Å²) in [5.41, 5.74) is 10.1. The molecular weight excluding hydrogens is 526 g/mol. The summed E-state index contributed by atoms with van der Waals surface area (Å²) in [6.45, 7) is 0.519. The highest BCUT2D eigenvalue weighted by atomic mass is 16.7. The molecule has 11 heteroatoms. The van der Waals surface area contributed by atoms with Crippen LogP contribution in [0, 0.1) is 0 Å². The maximum absolute atomic E-state index is 14.2. The molecule has 0 unspecified atom stereocenters. The fourth-order valence-electron chi connectivity index (χ4n) is 4.60. The molecule has 3 aromatic rings. The van der Waals surface area contributed by atoms with Crippen LogP contribution < -0.4 is 10.1 Å². The summed E-state index contributed by atoms with van der Waals surface area (Å²) in [5, 5.41) is 15.8. The van der Waals surface area contributed by atoms with Crippen molar-refractivity contribution in [1.82, 2.24) is 5.32 Å². The van der Waals surface area contributed by atoms with Crippen molar-refractivity contribution in [3.8, 4) is 5.75 Å². The van der Waals surface area contributed by atoms with Crippen molar-refractivity contribution in [3.63, 3.8) is 0 Å². The van der Waals surface area contributed by atoms with Crippen LogP contribution in [0.2, 0.25) is 0 Å². The van der Waals surface area contributed by atoms with Gasteiger partial charge in [0, 0.05) is 49.8 Å². The van der Waals surface area contributed by atoms with Crippen molar-refractivity contribution < 1.29 is 28.8 Å². The summed E-state index contributed by atoms with van der Waals surface area (Å²) in [6, 6.07) is 23.7.